The fraction of sp³-hybridized carbons (Fsp3) is 0.556. The van der Waals surface area contributed by atoms with E-state index in [0.717, 1.165) is 6.54 Å². The van der Waals surface area contributed by atoms with Crippen molar-refractivity contribution in [3.05, 3.63) is 24.3 Å². The summed E-state index contributed by atoms with van der Waals surface area (Å²) in [6.45, 7) is 5.28. The second-order valence-electron chi connectivity index (χ2n) is 2.61. The van der Waals surface area contributed by atoms with Crippen LogP contribution < -0.4 is 5.32 Å². The number of likely N-dealkylation sites (N-methyl/N-ethyl adjacent to an activating group) is 1. The first-order valence-corrected chi connectivity index (χ1v) is 3.75. The first-order valence-electron chi connectivity index (χ1n) is 3.75. The van der Waals surface area contributed by atoms with Crippen LogP contribution in [-0.2, 0) is 0 Å². The monoisotopic (exact) mass is 139 g/mol. The van der Waals surface area contributed by atoms with E-state index in [0.29, 0.717) is 5.92 Å². The molecule has 0 radical (unpaired) electrons. The minimum atomic E-state index is 0.652. The number of hydrogen-bond donors (Lipinski definition) is 1. The molecule has 0 atom stereocenters. The minimum Gasteiger partial charge on any atom is -0.316 e. The highest BCUT2D eigenvalue weighted by Crippen LogP contribution is 1.92. The summed E-state index contributed by atoms with van der Waals surface area (Å²) < 4.78 is 0. The Morgan fingerprint density at radius 1 is 1.30 bits per heavy atom. The van der Waals surface area contributed by atoms with Gasteiger partial charge >= 0.3 is 0 Å². The molecule has 0 bridgehead atoms. The molecule has 0 saturated heterocycles. The second kappa shape index (κ2) is 6.56. The minimum absolute atomic E-state index is 0.652. The van der Waals surface area contributed by atoms with Crippen molar-refractivity contribution >= 4 is 0 Å². The van der Waals surface area contributed by atoms with Crippen molar-refractivity contribution in [3.63, 3.8) is 0 Å². The highest BCUT2D eigenvalue weighted by Gasteiger charge is 1.78. The molecule has 1 nitrogen and oxygen atoms in total. The molecule has 0 rings (SSSR count). The Bertz CT molecular complexity index is 112. The molecular formula is C9H17N. The van der Waals surface area contributed by atoms with Gasteiger partial charge in [-0.3, -0.25) is 0 Å². The highest BCUT2D eigenvalue weighted by molar-refractivity contribution is 5.03. The Kier molecular flexibility index (Phi) is 6.19. The van der Waals surface area contributed by atoms with E-state index in [4.69, 9.17) is 0 Å². The molecule has 0 aromatic carbocycles. The maximum absolute atomic E-state index is 3.04. The Labute approximate surface area is 63.8 Å². The lowest BCUT2D eigenvalue weighted by molar-refractivity contribution is 0.831. The third kappa shape index (κ3) is 7.44. The number of hydrogen-bond acceptors (Lipinski definition) is 1. The van der Waals surface area contributed by atoms with Gasteiger partial charge in [0.05, 0.1) is 0 Å². The summed E-state index contributed by atoms with van der Waals surface area (Å²) in [5.74, 6) is 0.652. The van der Waals surface area contributed by atoms with E-state index >= 15 is 0 Å². The molecule has 0 saturated carbocycles. The average molecular weight is 139 g/mol. The molecule has 1 N–H and O–H groups in total. The molecule has 0 amide bonds. The van der Waals surface area contributed by atoms with Gasteiger partial charge in [0, 0.05) is 6.54 Å². The zero-order chi connectivity index (χ0) is 7.82. The molecule has 0 unspecified atom stereocenters. The molecule has 1 heteroatoms. The van der Waals surface area contributed by atoms with Crippen LogP contribution >= 0.6 is 0 Å². The van der Waals surface area contributed by atoms with Gasteiger partial charge in [0.1, 0.15) is 0 Å². The standard InChI is InChI=1S/C9H17N/c1-9(2)7-5-4-6-8-10-3/h4-7,9-10H,8H2,1-3H3/b6-4-,7-5+. The van der Waals surface area contributed by atoms with Crippen LogP contribution in [0.1, 0.15) is 13.8 Å². The topological polar surface area (TPSA) is 12.0 Å². The van der Waals surface area contributed by atoms with E-state index in [1.165, 1.54) is 0 Å². The summed E-state index contributed by atoms with van der Waals surface area (Å²) in [6, 6.07) is 0. The van der Waals surface area contributed by atoms with Crippen molar-refractivity contribution in [1.29, 1.82) is 0 Å². The lowest BCUT2D eigenvalue weighted by Crippen LogP contribution is -2.03. The van der Waals surface area contributed by atoms with Crippen molar-refractivity contribution in [2.45, 2.75) is 13.8 Å². The van der Waals surface area contributed by atoms with Crippen LogP contribution in [0, 0.1) is 5.92 Å². The molecule has 0 aliphatic carbocycles. The van der Waals surface area contributed by atoms with E-state index in [1.54, 1.807) is 0 Å². The lowest BCUT2D eigenvalue weighted by Gasteiger charge is -1.89. The molecule has 0 aliphatic heterocycles. The van der Waals surface area contributed by atoms with E-state index in [1.807, 2.05) is 7.05 Å². The Morgan fingerprint density at radius 2 is 2.00 bits per heavy atom. The van der Waals surface area contributed by atoms with Gasteiger partial charge in [0.2, 0.25) is 0 Å². The lowest BCUT2D eigenvalue weighted by atomic mass is 10.2. The third-order valence-corrected chi connectivity index (χ3v) is 1.07. The number of allylic oxidation sites excluding steroid dienone is 3. The third-order valence-electron chi connectivity index (χ3n) is 1.07. The zero-order valence-electron chi connectivity index (χ0n) is 7.09. The van der Waals surface area contributed by atoms with Crippen molar-refractivity contribution in [3.8, 4) is 0 Å². The van der Waals surface area contributed by atoms with E-state index < -0.39 is 0 Å². The normalized spacial score (nSPS) is 12.4. The van der Waals surface area contributed by atoms with Gasteiger partial charge in [-0.2, -0.15) is 0 Å². The summed E-state index contributed by atoms with van der Waals surface area (Å²) in [4.78, 5) is 0. The van der Waals surface area contributed by atoms with Crippen LogP contribution in [0.25, 0.3) is 0 Å². The van der Waals surface area contributed by atoms with E-state index in [-0.39, 0.29) is 0 Å². The molecule has 0 aliphatic rings. The van der Waals surface area contributed by atoms with Crippen molar-refractivity contribution in [2.75, 3.05) is 13.6 Å². The smallest absolute Gasteiger partial charge is 0.0134 e. The van der Waals surface area contributed by atoms with Gasteiger partial charge in [-0.05, 0) is 13.0 Å². The molecular weight excluding hydrogens is 122 g/mol. The van der Waals surface area contributed by atoms with Crippen LogP contribution in [-0.4, -0.2) is 13.6 Å². The van der Waals surface area contributed by atoms with Gasteiger partial charge < -0.3 is 5.32 Å². The molecule has 0 fully saturated rings. The highest BCUT2D eigenvalue weighted by atomic mass is 14.8. The van der Waals surface area contributed by atoms with Gasteiger partial charge in [-0.1, -0.05) is 38.2 Å². The fourth-order valence-corrected chi connectivity index (χ4v) is 0.551. The Balaban J connectivity index is 3.32. The van der Waals surface area contributed by atoms with Crippen LogP contribution in [0.15, 0.2) is 24.3 Å². The van der Waals surface area contributed by atoms with E-state index in [2.05, 4.69) is 43.5 Å². The average Bonchev–Trinajstić information content (AvgIpc) is 1.87. The summed E-state index contributed by atoms with van der Waals surface area (Å²) in [6.07, 6.45) is 8.42. The predicted octanol–water partition coefficient (Wildman–Crippen LogP) is 1.97. The van der Waals surface area contributed by atoms with Crippen molar-refractivity contribution in [2.24, 2.45) is 5.92 Å². The zero-order valence-corrected chi connectivity index (χ0v) is 7.09. The first-order chi connectivity index (χ1) is 4.77. The summed E-state index contributed by atoms with van der Waals surface area (Å²) >= 11 is 0. The molecule has 0 spiro atoms. The quantitative estimate of drug-likeness (QED) is 0.587. The molecule has 58 valence electrons. The second-order valence-corrected chi connectivity index (χ2v) is 2.61. The molecule has 0 aromatic heterocycles. The van der Waals surface area contributed by atoms with Crippen LogP contribution in [0.2, 0.25) is 0 Å². The molecule has 0 aromatic rings. The summed E-state index contributed by atoms with van der Waals surface area (Å²) in [5, 5.41) is 3.04. The number of nitrogens with one attached hydrogen (secondary N) is 1. The fourth-order valence-electron chi connectivity index (χ4n) is 0.551. The van der Waals surface area contributed by atoms with Crippen LogP contribution in [0.4, 0.5) is 0 Å². The number of rotatable bonds is 4. The van der Waals surface area contributed by atoms with E-state index in [9.17, 15) is 0 Å². The summed E-state index contributed by atoms with van der Waals surface area (Å²) in [7, 11) is 1.94. The van der Waals surface area contributed by atoms with Gasteiger partial charge in [-0.15, -0.1) is 0 Å². The SMILES string of the molecule is CNC/C=C\C=C\C(C)C. The predicted molar refractivity (Wildman–Crippen MR) is 47.0 cm³/mol. The first kappa shape index (κ1) is 9.44. The largest absolute Gasteiger partial charge is 0.316 e. The van der Waals surface area contributed by atoms with Crippen molar-refractivity contribution in [1.82, 2.24) is 5.32 Å². The van der Waals surface area contributed by atoms with Crippen LogP contribution in [0.5, 0.6) is 0 Å². The summed E-state index contributed by atoms with van der Waals surface area (Å²) in [5.41, 5.74) is 0. The maximum atomic E-state index is 3.04. The van der Waals surface area contributed by atoms with Crippen molar-refractivity contribution < 1.29 is 0 Å². The van der Waals surface area contributed by atoms with Gasteiger partial charge in [0.25, 0.3) is 0 Å². The maximum Gasteiger partial charge on any atom is 0.0134 e. The molecule has 0 heterocycles. The molecule has 10 heavy (non-hydrogen) atoms. The van der Waals surface area contributed by atoms with Gasteiger partial charge in [-0.25, -0.2) is 0 Å². The Hall–Kier alpha value is -0.560. The van der Waals surface area contributed by atoms with Crippen LogP contribution in [0.3, 0.4) is 0 Å². The Morgan fingerprint density at radius 3 is 2.50 bits per heavy atom. The van der Waals surface area contributed by atoms with Gasteiger partial charge in [0.15, 0.2) is 0 Å².